The predicted octanol–water partition coefficient (Wildman–Crippen LogP) is 2.89. The van der Waals surface area contributed by atoms with Gasteiger partial charge in [0.2, 0.25) is 0 Å². The Morgan fingerprint density at radius 3 is 2.73 bits per heavy atom. The fourth-order valence-corrected chi connectivity index (χ4v) is 3.82. The van der Waals surface area contributed by atoms with Gasteiger partial charge in [-0.25, -0.2) is 0 Å². The summed E-state index contributed by atoms with van der Waals surface area (Å²) in [4.78, 5) is 11.9. The first-order valence-corrected chi connectivity index (χ1v) is 6.05. The van der Waals surface area contributed by atoms with Gasteiger partial charge in [0.25, 0.3) is 0 Å². The minimum Gasteiger partial charge on any atom is -0.431 e. The molecule has 2 bridgehead atoms. The summed E-state index contributed by atoms with van der Waals surface area (Å²) in [7, 11) is 0. The molecule has 0 spiro atoms. The smallest absolute Gasteiger partial charge is 0.314 e. The van der Waals surface area contributed by atoms with Gasteiger partial charge < -0.3 is 4.74 Å². The number of esters is 1. The molecule has 0 radical (unpaired) electrons. The molecule has 2 saturated carbocycles. The highest BCUT2D eigenvalue weighted by Crippen LogP contribution is 2.56. The average molecular weight is 206 g/mol. The molecule has 15 heavy (non-hydrogen) atoms. The SMILES string of the molecule is CC(C)=C1C[C@H]2[C@@H]3CC[C@@H](C3)[C@H]2C(=O)O1. The lowest BCUT2D eigenvalue weighted by molar-refractivity contribution is -0.153. The number of ether oxygens (including phenoxy) is 1. The molecule has 0 N–H and O–H groups in total. The summed E-state index contributed by atoms with van der Waals surface area (Å²) in [5.41, 5.74) is 1.17. The van der Waals surface area contributed by atoms with Crippen LogP contribution < -0.4 is 0 Å². The molecule has 2 heteroatoms. The van der Waals surface area contributed by atoms with Crippen LogP contribution in [0.4, 0.5) is 0 Å². The van der Waals surface area contributed by atoms with E-state index in [1.165, 1.54) is 24.8 Å². The summed E-state index contributed by atoms with van der Waals surface area (Å²) >= 11 is 0. The molecule has 3 rings (SSSR count). The molecule has 0 amide bonds. The highest BCUT2D eigenvalue weighted by Gasteiger charge is 2.53. The minimum absolute atomic E-state index is 0.0645. The minimum atomic E-state index is 0.0645. The van der Waals surface area contributed by atoms with Crippen LogP contribution in [0.5, 0.6) is 0 Å². The van der Waals surface area contributed by atoms with E-state index < -0.39 is 0 Å². The van der Waals surface area contributed by atoms with Crippen molar-refractivity contribution >= 4 is 5.97 Å². The van der Waals surface area contributed by atoms with Gasteiger partial charge in [0, 0.05) is 6.42 Å². The highest BCUT2D eigenvalue weighted by molar-refractivity contribution is 5.76. The second kappa shape index (κ2) is 3.10. The van der Waals surface area contributed by atoms with E-state index in [1.54, 1.807) is 0 Å². The van der Waals surface area contributed by atoms with E-state index in [1.807, 2.05) is 13.8 Å². The number of rotatable bonds is 0. The maximum atomic E-state index is 11.9. The van der Waals surface area contributed by atoms with Gasteiger partial charge in [0.1, 0.15) is 5.76 Å². The van der Waals surface area contributed by atoms with Crippen molar-refractivity contribution in [3.8, 4) is 0 Å². The second-order valence-corrected chi connectivity index (χ2v) is 5.57. The third-order valence-electron chi connectivity index (χ3n) is 4.56. The van der Waals surface area contributed by atoms with Crippen LogP contribution in [0.25, 0.3) is 0 Å². The summed E-state index contributed by atoms with van der Waals surface area (Å²) in [6, 6.07) is 0. The fourth-order valence-electron chi connectivity index (χ4n) is 3.82. The molecule has 2 nitrogen and oxygen atoms in total. The fraction of sp³-hybridized carbons (Fsp3) is 0.769. The monoisotopic (exact) mass is 206 g/mol. The van der Waals surface area contributed by atoms with Gasteiger partial charge in [-0.3, -0.25) is 4.79 Å². The molecule has 1 saturated heterocycles. The molecule has 0 unspecified atom stereocenters. The number of cyclic esters (lactones) is 1. The van der Waals surface area contributed by atoms with Gasteiger partial charge in [-0.1, -0.05) is 0 Å². The van der Waals surface area contributed by atoms with Crippen LogP contribution in [-0.4, -0.2) is 5.97 Å². The Morgan fingerprint density at radius 2 is 2.00 bits per heavy atom. The van der Waals surface area contributed by atoms with Gasteiger partial charge in [0.15, 0.2) is 0 Å². The van der Waals surface area contributed by atoms with Crippen molar-refractivity contribution in [3.05, 3.63) is 11.3 Å². The number of carbonyl (C=O) groups is 1. The van der Waals surface area contributed by atoms with Crippen molar-refractivity contribution in [2.45, 2.75) is 39.5 Å². The van der Waals surface area contributed by atoms with Crippen LogP contribution >= 0.6 is 0 Å². The summed E-state index contributed by atoms with van der Waals surface area (Å²) in [6.45, 7) is 4.08. The first-order valence-electron chi connectivity index (χ1n) is 6.05. The predicted molar refractivity (Wildman–Crippen MR) is 56.9 cm³/mol. The standard InChI is InChI=1S/C13H18O2/c1-7(2)11-6-10-8-3-4-9(5-8)12(10)13(14)15-11/h8-10,12H,3-6H2,1-2H3/t8-,9+,10+,12-/m1/s1. The van der Waals surface area contributed by atoms with Crippen molar-refractivity contribution in [2.75, 3.05) is 0 Å². The Balaban J connectivity index is 1.91. The number of allylic oxidation sites excluding steroid dienone is 2. The lowest BCUT2D eigenvalue weighted by atomic mass is 9.75. The van der Waals surface area contributed by atoms with Crippen LogP contribution in [0.15, 0.2) is 11.3 Å². The molecule has 1 heterocycles. The van der Waals surface area contributed by atoms with E-state index in [2.05, 4.69) is 0 Å². The van der Waals surface area contributed by atoms with E-state index in [0.717, 1.165) is 18.1 Å². The van der Waals surface area contributed by atoms with Crippen LogP contribution in [0.3, 0.4) is 0 Å². The van der Waals surface area contributed by atoms with E-state index in [0.29, 0.717) is 11.8 Å². The third kappa shape index (κ3) is 1.27. The lowest BCUT2D eigenvalue weighted by Crippen LogP contribution is -2.35. The lowest BCUT2D eigenvalue weighted by Gasteiger charge is -2.34. The number of carbonyl (C=O) groups excluding carboxylic acids is 1. The molecule has 0 aromatic rings. The quantitative estimate of drug-likeness (QED) is 0.570. The Labute approximate surface area is 90.7 Å². The first kappa shape index (κ1) is 9.44. The first-order chi connectivity index (χ1) is 7.16. The van der Waals surface area contributed by atoms with Crippen molar-refractivity contribution in [3.63, 3.8) is 0 Å². The number of hydrogen-bond acceptors (Lipinski definition) is 2. The second-order valence-electron chi connectivity index (χ2n) is 5.57. The number of fused-ring (bicyclic) bond motifs is 5. The summed E-state index contributed by atoms with van der Waals surface area (Å²) in [5.74, 6) is 3.32. The van der Waals surface area contributed by atoms with Crippen LogP contribution in [0.2, 0.25) is 0 Å². The van der Waals surface area contributed by atoms with E-state index in [9.17, 15) is 4.79 Å². The molecule has 0 aromatic carbocycles. The van der Waals surface area contributed by atoms with Crippen LogP contribution in [0.1, 0.15) is 39.5 Å². The van der Waals surface area contributed by atoms with Gasteiger partial charge in [-0.15, -0.1) is 0 Å². The molecular weight excluding hydrogens is 188 g/mol. The van der Waals surface area contributed by atoms with Gasteiger partial charge in [-0.2, -0.15) is 0 Å². The molecule has 3 fully saturated rings. The summed E-state index contributed by atoms with van der Waals surface area (Å²) < 4.78 is 5.46. The highest BCUT2D eigenvalue weighted by atomic mass is 16.5. The Bertz CT molecular complexity index is 338. The van der Waals surface area contributed by atoms with E-state index >= 15 is 0 Å². The van der Waals surface area contributed by atoms with Crippen LogP contribution in [0, 0.1) is 23.7 Å². The third-order valence-corrected chi connectivity index (χ3v) is 4.56. The van der Waals surface area contributed by atoms with Crippen molar-refractivity contribution in [1.82, 2.24) is 0 Å². The average Bonchev–Trinajstić information content (AvgIpc) is 2.77. The Kier molecular flexibility index (Phi) is 1.95. The zero-order valence-electron chi connectivity index (χ0n) is 9.45. The molecule has 4 atom stereocenters. The Morgan fingerprint density at radius 1 is 1.27 bits per heavy atom. The number of hydrogen-bond donors (Lipinski definition) is 0. The van der Waals surface area contributed by atoms with Crippen molar-refractivity contribution in [2.24, 2.45) is 23.7 Å². The topological polar surface area (TPSA) is 26.3 Å². The van der Waals surface area contributed by atoms with Gasteiger partial charge in [-0.05, 0) is 56.4 Å². The summed E-state index contributed by atoms with van der Waals surface area (Å²) in [5, 5.41) is 0. The molecule has 82 valence electrons. The molecule has 3 aliphatic rings. The van der Waals surface area contributed by atoms with E-state index in [4.69, 9.17) is 4.74 Å². The molecule has 1 aliphatic heterocycles. The maximum absolute atomic E-state index is 11.9. The van der Waals surface area contributed by atoms with Crippen molar-refractivity contribution < 1.29 is 9.53 Å². The van der Waals surface area contributed by atoms with Gasteiger partial charge in [0.05, 0.1) is 5.92 Å². The van der Waals surface area contributed by atoms with Gasteiger partial charge >= 0.3 is 5.97 Å². The Hall–Kier alpha value is -0.790. The largest absolute Gasteiger partial charge is 0.431 e. The zero-order valence-corrected chi connectivity index (χ0v) is 9.45. The molecule has 0 aromatic heterocycles. The normalized spacial score (nSPS) is 42.8. The zero-order chi connectivity index (χ0) is 10.6. The van der Waals surface area contributed by atoms with Crippen LogP contribution in [-0.2, 0) is 9.53 Å². The maximum Gasteiger partial charge on any atom is 0.314 e. The molecule has 2 aliphatic carbocycles. The van der Waals surface area contributed by atoms with Crippen molar-refractivity contribution in [1.29, 1.82) is 0 Å². The van der Waals surface area contributed by atoms with E-state index in [-0.39, 0.29) is 11.9 Å². The molecular formula is C13H18O2. The summed E-state index contributed by atoms with van der Waals surface area (Å²) in [6.07, 6.45) is 4.89.